The monoisotopic (exact) mass is 204 g/mol. The predicted molar refractivity (Wildman–Crippen MR) is 53.0 cm³/mol. The van der Waals surface area contributed by atoms with Crippen LogP contribution in [0.2, 0.25) is 0 Å². The summed E-state index contributed by atoms with van der Waals surface area (Å²) >= 11 is 8.30. The van der Waals surface area contributed by atoms with Gasteiger partial charge in [-0.25, -0.2) is 4.79 Å². The molecule has 12 heavy (non-hydrogen) atoms. The molecule has 0 spiro atoms. The molecule has 0 fully saturated rings. The van der Waals surface area contributed by atoms with E-state index in [2.05, 4.69) is 36.4 Å². The highest BCUT2D eigenvalue weighted by Crippen LogP contribution is 2.00. The van der Waals surface area contributed by atoms with E-state index in [1.807, 2.05) is 18.2 Å². The molecular formula is C8H9ClO2S. The molecule has 0 saturated heterocycles. The molecule has 66 valence electrons. The van der Waals surface area contributed by atoms with E-state index < -0.39 is 5.43 Å². The van der Waals surface area contributed by atoms with Crippen LogP contribution in [0.25, 0.3) is 0 Å². The van der Waals surface area contributed by atoms with Gasteiger partial charge in [0.25, 0.3) is 0 Å². The van der Waals surface area contributed by atoms with Crippen molar-refractivity contribution >= 4 is 29.7 Å². The quantitative estimate of drug-likeness (QED) is 0.545. The normalized spacial score (nSPS) is 8.17. The molecule has 0 aromatic heterocycles. The van der Waals surface area contributed by atoms with E-state index in [0.717, 1.165) is 5.75 Å². The van der Waals surface area contributed by atoms with Crippen molar-refractivity contribution in [2.75, 3.05) is 0 Å². The molecular weight excluding hydrogens is 196 g/mol. The molecule has 0 aliphatic rings. The Bertz CT molecular complexity index is 222. The Kier molecular flexibility index (Phi) is 6.61. The summed E-state index contributed by atoms with van der Waals surface area (Å²) < 4.78 is 0. The molecule has 1 aromatic rings. The van der Waals surface area contributed by atoms with Gasteiger partial charge in [-0.15, -0.1) is 0 Å². The van der Waals surface area contributed by atoms with Crippen molar-refractivity contribution in [1.29, 1.82) is 0 Å². The molecule has 0 radical (unpaired) electrons. The fourth-order valence-corrected chi connectivity index (χ4v) is 0.794. The Morgan fingerprint density at radius 2 is 1.83 bits per heavy atom. The van der Waals surface area contributed by atoms with Crippen LogP contribution in [0.1, 0.15) is 5.56 Å². The molecule has 0 aliphatic carbocycles. The molecule has 1 rings (SSSR count). The van der Waals surface area contributed by atoms with Crippen molar-refractivity contribution in [1.82, 2.24) is 0 Å². The minimum Gasteiger partial charge on any atom is -0.469 e. The lowest BCUT2D eigenvalue weighted by atomic mass is 10.2. The van der Waals surface area contributed by atoms with Crippen molar-refractivity contribution in [2.24, 2.45) is 0 Å². The van der Waals surface area contributed by atoms with Crippen LogP contribution in [-0.4, -0.2) is 10.5 Å². The smallest absolute Gasteiger partial charge is 0.401 e. The van der Waals surface area contributed by atoms with Crippen LogP contribution in [0.3, 0.4) is 0 Å². The summed E-state index contributed by atoms with van der Waals surface area (Å²) in [6.07, 6.45) is 0. The lowest BCUT2D eigenvalue weighted by molar-refractivity contribution is 0.220. The second-order valence-electron chi connectivity index (χ2n) is 1.90. The SMILES string of the molecule is O=C(O)Cl.SCc1ccccc1. The number of halogens is 1. The van der Waals surface area contributed by atoms with E-state index in [1.54, 1.807) is 0 Å². The molecule has 1 aromatic carbocycles. The van der Waals surface area contributed by atoms with Gasteiger partial charge in [-0.1, -0.05) is 30.3 Å². The van der Waals surface area contributed by atoms with Crippen molar-refractivity contribution in [3.05, 3.63) is 35.9 Å². The first kappa shape index (κ1) is 11.3. The third-order valence-electron chi connectivity index (χ3n) is 1.03. The average molecular weight is 205 g/mol. The van der Waals surface area contributed by atoms with Crippen LogP contribution in [0.5, 0.6) is 0 Å². The number of carbonyl (C=O) groups is 1. The lowest BCUT2D eigenvalue weighted by Gasteiger charge is -1.89. The minimum atomic E-state index is -1.36. The fourth-order valence-electron chi connectivity index (χ4n) is 0.583. The first-order chi connectivity index (χ1) is 5.66. The zero-order chi connectivity index (χ0) is 9.40. The van der Waals surface area contributed by atoms with Crippen LogP contribution in [-0.2, 0) is 5.75 Å². The van der Waals surface area contributed by atoms with E-state index >= 15 is 0 Å². The predicted octanol–water partition coefficient (Wildman–Crippen LogP) is 3.02. The first-order valence-corrected chi connectivity index (χ1v) is 4.21. The summed E-state index contributed by atoms with van der Waals surface area (Å²) in [6, 6.07) is 10.2. The van der Waals surface area contributed by atoms with Crippen molar-refractivity contribution in [2.45, 2.75) is 5.75 Å². The Labute approximate surface area is 81.6 Å². The second kappa shape index (κ2) is 7.00. The number of thiol groups is 1. The van der Waals surface area contributed by atoms with Gasteiger partial charge in [0, 0.05) is 17.4 Å². The van der Waals surface area contributed by atoms with Gasteiger partial charge < -0.3 is 5.11 Å². The largest absolute Gasteiger partial charge is 0.469 e. The first-order valence-electron chi connectivity index (χ1n) is 3.20. The van der Waals surface area contributed by atoms with Crippen molar-refractivity contribution < 1.29 is 9.90 Å². The van der Waals surface area contributed by atoms with Crippen molar-refractivity contribution in [3.63, 3.8) is 0 Å². The molecule has 0 aliphatic heterocycles. The number of hydrogen-bond donors (Lipinski definition) is 2. The fraction of sp³-hybridized carbons (Fsp3) is 0.125. The van der Waals surface area contributed by atoms with E-state index in [9.17, 15) is 0 Å². The summed E-state index contributed by atoms with van der Waals surface area (Å²) in [4.78, 5) is 8.77. The lowest BCUT2D eigenvalue weighted by Crippen LogP contribution is -1.71. The van der Waals surface area contributed by atoms with Crippen LogP contribution in [0.4, 0.5) is 4.79 Å². The molecule has 4 heteroatoms. The van der Waals surface area contributed by atoms with E-state index in [0.29, 0.717) is 0 Å². The molecule has 1 N–H and O–H groups in total. The van der Waals surface area contributed by atoms with Gasteiger partial charge in [-0.2, -0.15) is 12.6 Å². The minimum absolute atomic E-state index is 0.834. The van der Waals surface area contributed by atoms with Gasteiger partial charge in [0.05, 0.1) is 0 Å². The topological polar surface area (TPSA) is 37.3 Å². The Morgan fingerprint density at radius 3 is 2.08 bits per heavy atom. The molecule has 0 bridgehead atoms. The van der Waals surface area contributed by atoms with Gasteiger partial charge in [-0.3, -0.25) is 0 Å². The summed E-state index contributed by atoms with van der Waals surface area (Å²) in [5.74, 6) is 0.834. The standard InChI is InChI=1S/C7H8S.CHClO2/c8-6-7-4-2-1-3-5-7;2-1(3)4/h1-5,8H,6H2;(H,3,4). The zero-order valence-electron chi connectivity index (χ0n) is 6.27. The highest BCUT2D eigenvalue weighted by atomic mass is 35.5. The third kappa shape index (κ3) is 7.44. The molecule has 0 unspecified atom stereocenters. The summed E-state index contributed by atoms with van der Waals surface area (Å²) in [7, 11) is 0. The van der Waals surface area contributed by atoms with Gasteiger partial charge in [0.2, 0.25) is 0 Å². The summed E-state index contributed by atoms with van der Waals surface area (Å²) in [5.41, 5.74) is -0.0872. The van der Waals surface area contributed by atoms with Crippen LogP contribution in [0.15, 0.2) is 30.3 Å². The highest BCUT2D eigenvalue weighted by Gasteiger charge is 1.80. The maximum Gasteiger partial charge on any atom is 0.401 e. The van der Waals surface area contributed by atoms with Gasteiger partial charge in [0.1, 0.15) is 0 Å². The van der Waals surface area contributed by atoms with Gasteiger partial charge in [0.15, 0.2) is 0 Å². The van der Waals surface area contributed by atoms with Crippen LogP contribution in [0, 0.1) is 0 Å². The molecule has 0 heterocycles. The Morgan fingerprint density at radius 1 is 1.42 bits per heavy atom. The van der Waals surface area contributed by atoms with Gasteiger partial charge in [-0.05, 0) is 5.56 Å². The molecule has 0 saturated carbocycles. The molecule has 0 atom stereocenters. The maximum atomic E-state index is 8.77. The number of rotatable bonds is 1. The van der Waals surface area contributed by atoms with Gasteiger partial charge >= 0.3 is 5.43 Å². The maximum absolute atomic E-state index is 8.77. The molecule has 2 nitrogen and oxygen atoms in total. The van der Waals surface area contributed by atoms with E-state index in [4.69, 9.17) is 9.90 Å². The average Bonchev–Trinajstić information content (AvgIpc) is 2.05. The van der Waals surface area contributed by atoms with E-state index in [-0.39, 0.29) is 0 Å². The second-order valence-corrected chi connectivity index (χ2v) is 2.54. The summed E-state index contributed by atoms with van der Waals surface area (Å²) in [6.45, 7) is 0. The number of hydrogen-bond acceptors (Lipinski definition) is 2. The zero-order valence-corrected chi connectivity index (χ0v) is 7.92. The van der Waals surface area contributed by atoms with Crippen LogP contribution < -0.4 is 0 Å². The third-order valence-corrected chi connectivity index (χ3v) is 1.39. The molecule has 0 amide bonds. The Hall–Kier alpha value is -0.670. The number of benzene rings is 1. The van der Waals surface area contributed by atoms with Crippen molar-refractivity contribution in [3.8, 4) is 0 Å². The number of carboxylic acid groups (broad SMARTS) is 1. The Balaban J connectivity index is 0.000000261. The van der Waals surface area contributed by atoms with Crippen LogP contribution >= 0.6 is 24.2 Å². The van der Waals surface area contributed by atoms with E-state index in [1.165, 1.54) is 5.56 Å². The highest BCUT2D eigenvalue weighted by molar-refractivity contribution is 7.79. The summed E-state index contributed by atoms with van der Waals surface area (Å²) in [5, 5.41) is 7.18.